The van der Waals surface area contributed by atoms with Gasteiger partial charge in [-0.3, -0.25) is 0 Å². The van der Waals surface area contributed by atoms with Crippen molar-refractivity contribution in [2.24, 2.45) is 0 Å². The quantitative estimate of drug-likeness (QED) is 0.681. The van der Waals surface area contributed by atoms with Crippen molar-refractivity contribution >= 4 is 11.9 Å². The summed E-state index contributed by atoms with van der Waals surface area (Å²) in [5.74, 6) is -1.19. The van der Waals surface area contributed by atoms with Crippen LogP contribution in [0.25, 0.3) is 0 Å². The molecule has 0 amide bonds. The van der Waals surface area contributed by atoms with Gasteiger partial charge in [-0.25, -0.2) is 9.59 Å². The Labute approximate surface area is 135 Å². The lowest BCUT2D eigenvalue weighted by Gasteiger charge is -2.23. The highest BCUT2D eigenvalue weighted by Crippen LogP contribution is 2.29. The topological polar surface area (TPSA) is 63.6 Å². The van der Waals surface area contributed by atoms with E-state index in [9.17, 15) is 14.7 Å². The van der Waals surface area contributed by atoms with E-state index in [0.717, 1.165) is 5.56 Å². The van der Waals surface area contributed by atoms with Crippen LogP contribution in [0, 0.1) is 6.92 Å². The minimum Gasteiger partial charge on any atom is -0.478 e. The summed E-state index contributed by atoms with van der Waals surface area (Å²) in [5.41, 5.74) is 1.47. The zero-order valence-electron chi connectivity index (χ0n) is 13.7. The minimum absolute atomic E-state index is 0.109. The van der Waals surface area contributed by atoms with Gasteiger partial charge in [-0.15, -0.1) is 0 Å². The fourth-order valence-corrected chi connectivity index (χ4v) is 2.38. The highest BCUT2D eigenvalue weighted by molar-refractivity contribution is 5.98. The Hall–Kier alpha value is -2.62. The van der Waals surface area contributed by atoms with Gasteiger partial charge in [0, 0.05) is 0 Å². The lowest BCUT2D eigenvalue weighted by atomic mass is 9.81. The van der Waals surface area contributed by atoms with Crippen molar-refractivity contribution < 1.29 is 19.4 Å². The standard InChI is InChI=1S/C19H20O4/c1-12-10-16(19(2,3)4)15(11-14(12)17(20)21)18(22)23-13-8-6-5-7-9-13/h5-11H,1-4H3,(H,20,21). The third-order valence-electron chi connectivity index (χ3n) is 3.58. The SMILES string of the molecule is Cc1cc(C(C)(C)C)c(C(=O)Oc2ccccc2)cc1C(=O)O. The summed E-state index contributed by atoms with van der Waals surface area (Å²) in [6, 6.07) is 11.9. The van der Waals surface area contributed by atoms with E-state index >= 15 is 0 Å². The molecule has 2 aromatic rings. The lowest BCUT2D eigenvalue weighted by Crippen LogP contribution is -2.21. The van der Waals surface area contributed by atoms with Crippen molar-refractivity contribution in [2.45, 2.75) is 33.1 Å². The smallest absolute Gasteiger partial charge is 0.343 e. The molecule has 0 unspecified atom stereocenters. The second kappa shape index (κ2) is 6.24. The Kier molecular flexibility index (Phi) is 4.55. The maximum Gasteiger partial charge on any atom is 0.343 e. The Morgan fingerprint density at radius 2 is 1.61 bits per heavy atom. The average molecular weight is 312 g/mol. The summed E-state index contributed by atoms with van der Waals surface area (Å²) in [6.07, 6.45) is 0. The number of hydrogen-bond acceptors (Lipinski definition) is 3. The van der Waals surface area contributed by atoms with Gasteiger partial charge in [0.2, 0.25) is 0 Å². The molecule has 0 radical (unpaired) electrons. The van der Waals surface area contributed by atoms with Gasteiger partial charge in [0.05, 0.1) is 11.1 Å². The highest BCUT2D eigenvalue weighted by Gasteiger charge is 2.25. The molecule has 0 bridgehead atoms. The van der Waals surface area contributed by atoms with Crippen molar-refractivity contribution in [1.82, 2.24) is 0 Å². The zero-order valence-corrected chi connectivity index (χ0v) is 13.7. The normalized spacial score (nSPS) is 11.1. The maximum atomic E-state index is 12.6. The molecule has 23 heavy (non-hydrogen) atoms. The number of carboxylic acid groups (broad SMARTS) is 1. The monoisotopic (exact) mass is 312 g/mol. The first-order valence-electron chi connectivity index (χ1n) is 7.36. The molecule has 0 saturated heterocycles. The van der Waals surface area contributed by atoms with E-state index < -0.39 is 11.9 Å². The number of esters is 1. The molecule has 1 N–H and O–H groups in total. The molecule has 0 heterocycles. The molecule has 4 nitrogen and oxygen atoms in total. The van der Waals surface area contributed by atoms with Gasteiger partial charge in [-0.05, 0) is 41.7 Å². The molecule has 0 aliphatic heterocycles. The number of aryl methyl sites for hydroxylation is 1. The van der Waals surface area contributed by atoms with E-state index in [-0.39, 0.29) is 16.5 Å². The Bertz CT molecular complexity index is 740. The predicted molar refractivity (Wildman–Crippen MR) is 88.2 cm³/mol. The molecule has 0 spiro atoms. The van der Waals surface area contributed by atoms with Crippen LogP contribution in [0.2, 0.25) is 0 Å². The van der Waals surface area contributed by atoms with E-state index in [4.69, 9.17) is 4.74 Å². The molecule has 0 atom stereocenters. The molecule has 2 aromatic carbocycles. The minimum atomic E-state index is -1.06. The van der Waals surface area contributed by atoms with Crippen molar-refractivity contribution in [3.63, 3.8) is 0 Å². The Morgan fingerprint density at radius 3 is 2.13 bits per heavy atom. The molecule has 2 rings (SSSR count). The number of ether oxygens (including phenoxy) is 1. The summed E-state index contributed by atoms with van der Waals surface area (Å²) < 4.78 is 5.38. The molecule has 0 aliphatic rings. The van der Waals surface area contributed by atoms with Crippen LogP contribution in [-0.2, 0) is 5.41 Å². The van der Waals surface area contributed by atoms with Gasteiger partial charge < -0.3 is 9.84 Å². The molecular weight excluding hydrogens is 292 g/mol. The summed E-state index contributed by atoms with van der Waals surface area (Å²) in [4.78, 5) is 23.9. The molecule has 4 heteroatoms. The van der Waals surface area contributed by atoms with E-state index in [1.165, 1.54) is 6.07 Å². The van der Waals surface area contributed by atoms with Gasteiger partial charge in [0.15, 0.2) is 0 Å². The second-order valence-corrected chi connectivity index (χ2v) is 6.47. The number of para-hydroxylation sites is 1. The average Bonchev–Trinajstić information content (AvgIpc) is 2.46. The third kappa shape index (κ3) is 3.77. The molecule has 0 saturated carbocycles. The summed E-state index contributed by atoms with van der Waals surface area (Å²) in [7, 11) is 0. The number of carboxylic acids is 1. The van der Waals surface area contributed by atoms with Gasteiger partial charge in [-0.1, -0.05) is 45.0 Å². The van der Waals surface area contributed by atoms with Crippen LogP contribution in [0.15, 0.2) is 42.5 Å². The predicted octanol–water partition coefficient (Wildman–Crippen LogP) is 4.21. The largest absolute Gasteiger partial charge is 0.478 e. The summed E-state index contributed by atoms with van der Waals surface area (Å²) in [6.45, 7) is 7.65. The zero-order chi connectivity index (χ0) is 17.2. The first-order chi connectivity index (χ1) is 10.7. The molecular formula is C19H20O4. The molecule has 120 valence electrons. The van der Waals surface area contributed by atoms with Crippen LogP contribution in [0.5, 0.6) is 5.75 Å². The highest BCUT2D eigenvalue weighted by atomic mass is 16.5. The maximum absolute atomic E-state index is 12.6. The van der Waals surface area contributed by atoms with Gasteiger partial charge in [-0.2, -0.15) is 0 Å². The van der Waals surface area contributed by atoms with E-state index in [0.29, 0.717) is 11.3 Å². The van der Waals surface area contributed by atoms with Crippen molar-refractivity contribution in [1.29, 1.82) is 0 Å². The van der Waals surface area contributed by atoms with Crippen LogP contribution in [0.3, 0.4) is 0 Å². The van der Waals surface area contributed by atoms with E-state index in [1.54, 1.807) is 37.3 Å². The molecule has 0 aromatic heterocycles. The number of hydrogen-bond donors (Lipinski definition) is 1. The van der Waals surface area contributed by atoms with E-state index in [1.807, 2.05) is 26.8 Å². The van der Waals surface area contributed by atoms with Crippen molar-refractivity contribution in [2.75, 3.05) is 0 Å². The number of benzene rings is 2. The lowest BCUT2D eigenvalue weighted by molar-refractivity contribution is 0.0696. The van der Waals surface area contributed by atoms with Crippen molar-refractivity contribution in [3.05, 3.63) is 64.7 Å². The molecule has 0 fully saturated rings. The van der Waals surface area contributed by atoms with Crippen LogP contribution in [0.4, 0.5) is 0 Å². The summed E-state index contributed by atoms with van der Waals surface area (Å²) in [5, 5.41) is 9.30. The van der Waals surface area contributed by atoms with Crippen LogP contribution in [0.1, 0.15) is 52.6 Å². The number of aromatic carboxylic acids is 1. The number of carbonyl (C=O) groups excluding carboxylic acids is 1. The van der Waals surface area contributed by atoms with Crippen LogP contribution >= 0.6 is 0 Å². The fourth-order valence-electron chi connectivity index (χ4n) is 2.38. The van der Waals surface area contributed by atoms with Gasteiger partial charge in [0.1, 0.15) is 5.75 Å². The Morgan fingerprint density at radius 1 is 1.00 bits per heavy atom. The molecule has 0 aliphatic carbocycles. The van der Waals surface area contributed by atoms with E-state index in [2.05, 4.69) is 0 Å². The van der Waals surface area contributed by atoms with Crippen molar-refractivity contribution in [3.8, 4) is 5.75 Å². The third-order valence-corrected chi connectivity index (χ3v) is 3.58. The number of rotatable bonds is 3. The second-order valence-electron chi connectivity index (χ2n) is 6.47. The fraction of sp³-hybridized carbons (Fsp3) is 0.263. The first-order valence-corrected chi connectivity index (χ1v) is 7.36. The summed E-state index contributed by atoms with van der Waals surface area (Å²) >= 11 is 0. The van der Waals surface area contributed by atoms with Crippen LogP contribution < -0.4 is 4.74 Å². The Balaban J connectivity index is 2.52. The number of carbonyl (C=O) groups is 2. The first kappa shape index (κ1) is 16.7. The van der Waals surface area contributed by atoms with Gasteiger partial charge >= 0.3 is 11.9 Å². The van der Waals surface area contributed by atoms with Gasteiger partial charge in [0.25, 0.3) is 0 Å². The van der Waals surface area contributed by atoms with Crippen LogP contribution in [-0.4, -0.2) is 17.0 Å².